The number of fused-ring (bicyclic) bond motifs is 1. The maximum absolute atomic E-state index is 12.7. The number of nitrogens with one attached hydrogen (secondary N) is 2. The fourth-order valence-corrected chi connectivity index (χ4v) is 5.61. The van der Waals surface area contributed by atoms with E-state index in [1.165, 1.54) is 6.33 Å². The first-order valence-corrected chi connectivity index (χ1v) is 15.1. The van der Waals surface area contributed by atoms with Gasteiger partial charge in [-0.2, -0.15) is 4.98 Å². The number of carbonyl (C=O) groups is 1. The third kappa shape index (κ3) is 5.99. The molecule has 0 bridgehead atoms. The second-order valence-corrected chi connectivity index (χ2v) is 11.3. The molecule has 2 aromatic heterocycles. The fraction of sp³-hybridized carbons (Fsp3) is 0.286. The van der Waals surface area contributed by atoms with Crippen LogP contribution in [0, 0.1) is 12.3 Å². The summed E-state index contributed by atoms with van der Waals surface area (Å²) in [4.78, 5) is 36.3. The Kier molecular flexibility index (Phi) is 8.87. The number of aromatic nitrogens is 4. The van der Waals surface area contributed by atoms with Crippen molar-refractivity contribution < 1.29 is 23.7 Å². The minimum absolute atomic E-state index is 0.0615. The normalized spacial score (nSPS) is 16.5. The van der Waals surface area contributed by atoms with E-state index in [2.05, 4.69) is 20.3 Å². The zero-order valence-corrected chi connectivity index (χ0v) is 26.1. The highest BCUT2D eigenvalue weighted by Crippen LogP contribution is 2.42. The third-order valence-corrected chi connectivity index (χ3v) is 8.08. The third-order valence-electron chi connectivity index (χ3n) is 8.08. The van der Waals surface area contributed by atoms with Crippen LogP contribution >= 0.6 is 0 Å². The van der Waals surface area contributed by atoms with Crippen molar-refractivity contribution in [2.45, 2.75) is 38.2 Å². The second kappa shape index (κ2) is 13.2. The second-order valence-electron chi connectivity index (χ2n) is 11.3. The average molecular weight is 623 g/mol. The number of rotatable bonds is 11. The number of hydrogen-bond donors (Lipinski definition) is 2. The first-order valence-electron chi connectivity index (χ1n) is 15.1. The molecule has 11 nitrogen and oxygen atoms in total. The Morgan fingerprint density at radius 3 is 2.17 bits per heavy atom. The van der Waals surface area contributed by atoms with Gasteiger partial charge >= 0.3 is 0 Å². The van der Waals surface area contributed by atoms with Crippen molar-refractivity contribution in [2.24, 2.45) is 5.92 Å². The van der Waals surface area contributed by atoms with Crippen molar-refractivity contribution in [3.05, 3.63) is 119 Å². The summed E-state index contributed by atoms with van der Waals surface area (Å²) in [7, 11) is 3.28. The summed E-state index contributed by atoms with van der Waals surface area (Å²) in [5, 5.41) is 2.66. The lowest BCUT2D eigenvalue weighted by Crippen LogP contribution is -2.35. The summed E-state index contributed by atoms with van der Waals surface area (Å²) in [6.45, 7) is 3.74. The van der Waals surface area contributed by atoms with Crippen molar-refractivity contribution in [3.8, 4) is 11.5 Å². The number of aromatic amines is 1. The van der Waals surface area contributed by atoms with Gasteiger partial charge in [0, 0.05) is 5.92 Å². The Morgan fingerprint density at radius 2 is 1.59 bits per heavy atom. The van der Waals surface area contributed by atoms with E-state index in [1.807, 2.05) is 85.3 Å². The van der Waals surface area contributed by atoms with Gasteiger partial charge in [-0.3, -0.25) is 24.5 Å². The number of methoxy groups -OCH3 is 2. The lowest BCUT2D eigenvalue weighted by molar-refractivity contribution is -0.118. The highest BCUT2D eigenvalue weighted by atomic mass is 16.6. The highest BCUT2D eigenvalue weighted by Gasteiger charge is 2.40. The number of hydrogen-bond acceptors (Lipinski definition) is 8. The Hall–Kier alpha value is -5.00. The number of nitrogens with zero attached hydrogens (tertiary/aromatic N) is 3. The van der Waals surface area contributed by atoms with Crippen molar-refractivity contribution in [1.82, 2.24) is 19.5 Å². The van der Waals surface area contributed by atoms with Crippen LogP contribution in [-0.2, 0) is 19.9 Å². The maximum atomic E-state index is 12.7. The van der Waals surface area contributed by atoms with Gasteiger partial charge in [-0.15, -0.1) is 0 Å². The Balaban J connectivity index is 1.31. The van der Waals surface area contributed by atoms with Gasteiger partial charge in [0.2, 0.25) is 11.9 Å². The lowest BCUT2D eigenvalue weighted by Gasteiger charge is -2.37. The summed E-state index contributed by atoms with van der Waals surface area (Å²) in [6, 6.07) is 25.8. The van der Waals surface area contributed by atoms with Crippen molar-refractivity contribution >= 4 is 23.0 Å². The van der Waals surface area contributed by atoms with E-state index in [1.54, 1.807) is 32.6 Å². The average Bonchev–Trinajstić information content (AvgIpc) is 3.73. The molecule has 1 fully saturated rings. The quantitative estimate of drug-likeness (QED) is 0.192. The largest absolute Gasteiger partial charge is 0.497 e. The van der Waals surface area contributed by atoms with Crippen LogP contribution in [0.5, 0.6) is 11.5 Å². The first-order chi connectivity index (χ1) is 22.3. The summed E-state index contributed by atoms with van der Waals surface area (Å²) >= 11 is 0. The van der Waals surface area contributed by atoms with Crippen LogP contribution in [0.15, 0.2) is 90.0 Å². The first kappa shape index (κ1) is 31.0. The zero-order chi connectivity index (χ0) is 32.3. The number of imidazole rings is 1. The molecule has 0 unspecified atom stereocenters. The van der Waals surface area contributed by atoms with Crippen molar-refractivity contribution in [3.63, 3.8) is 0 Å². The smallest absolute Gasteiger partial charge is 0.280 e. The standard InChI is InChI=1S/C35H36N5O6/c1-22(2)32(41)38-34-37-31-30(33(42)39-34)36-21-40(31)29-19-18-28(46-29)20-45-35(23-8-6-5-7-9-23,24-10-14-26(43-3)15-11-24)25-12-16-27(44-4)17-13-25/h5-18,21-22,28-29H,19-20H2,1-4H3,(H2,37,38,39,41,42)/t28-,29-/m1/s1. The molecule has 3 heterocycles. The van der Waals surface area contributed by atoms with Gasteiger partial charge in [0.15, 0.2) is 11.2 Å². The van der Waals surface area contributed by atoms with E-state index in [0.29, 0.717) is 12.1 Å². The molecular weight excluding hydrogens is 586 g/mol. The molecule has 0 aliphatic carbocycles. The molecule has 0 spiro atoms. The number of H-pyrrole nitrogens is 1. The van der Waals surface area contributed by atoms with Crippen LogP contribution < -0.4 is 20.3 Å². The van der Waals surface area contributed by atoms with Gasteiger partial charge in [0.05, 0.1) is 33.3 Å². The molecule has 5 aromatic rings. The molecule has 46 heavy (non-hydrogen) atoms. The lowest BCUT2D eigenvalue weighted by atomic mass is 9.80. The van der Waals surface area contributed by atoms with E-state index in [-0.39, 0.29) is 36.0 Å². The predicted octanol–water partition coefficient (Wildman–Crippen LogP) is 5.23. The number of amides is 1. The van der Waals surface area contributed by atoms with Gasteiger partial charge < -0.3 is 18.9 Å². The summed E-state index contributed by atoms with van der Waals surface area (Å²) in [5.41, 5.74) is 1.82. The van der Waals surface area contributed by atoms with E-state index in [4.69, 9.17) is 18.9 Å². The van der Waals surface area contributed by atoms with Gasteiger partial charge in [0.1, 0.15) is 23.3 Å². The van der Waals surface area contributed by atoms with Crippen LogP contribution in [0.3, 0.4) is 0 Å². The Bertz CT molecular complexity index is 1800. The predicted molar refractivity (Wildman–Crippen MR) is 173 cm³/mol. The number of ether oxygens (including phenoxy) is 4. The van der Waals surface area contributed by atoms with Gasteiger partial charge in [-0.05, 0) is 53.8 Å². The molecule has 1 aliphatic heterocycles. The monoisotopic (exact) mass is 622 g/mol. The van der Waals surface area contributed by atoms with Crippen LogP contribution in [0.1, 0.15) is 43.2 Å². The van der Waals surface area contributed by atoms with Crippen molar-refractivity contribution in [1.29, 1.82) is 0 Å². The Labute approximate surface area is 266 Å². The fourth-order valence-electron chi connectivity index (χ4n) is 5.61. The summed E-state index contributed by atoms with van der Waals surface area (Å²) in [6.07, 6.45) is 3.25. The molecule has 2 atom stereocenters. The molecule has 0 saturated carbocycles. The molecule has 1 amide bonds. The van der Waals surface area contributed by atoms with Gasteiger partial charge in [0.25, 0.3) is 5.56 Å². The topological polar surface area (TPSA) is 130 Å². The van der Waals surface area contributed by atoms with E-state index in [9.17, 15) is 9.59 Å². The van der Waals surface area contributed by atoms with E-state index < -0.39 is 17.4 Å². The molecule has 2 N–H and O–H groups in total. The number of carbonyl (C=O) groups excluding carboxylic acids is 1. The molecular formula is C35H36N5O6. The van der Waals surface area contributed by atoms with Gasteiger partial charge in [-0.1, -0.05) is 68.4 Å². The van der Waals surface area contributed by atoms with E-state index in [0.717, 1.165) is 28.2 Å². The zero-order valence-electron chi connectivity index (χ0n) is 26.1. The highest BCUT2D eigenvalue weighted by molar-refractivity contribution is 5.91. The van der Waals surface area contributed by atoms with E-state index >= 15 is 0 Å². The number of anilines is 1. The van der Waals surface area contributed by atoms with Crippen LogP contribution in [0.4, 0.5) is 5.95 Å². The van der Waals surface area contributed by atoms with Crippen molar-refractivity contribution in [2.75, 3.05) is 26.1 Å². The molecule has 1 radical (unpaired) electrons. The summed E-state index contributed by atoms with van der Waals surface area (Å²) < 4.78 is 26.1. The summed E-state index contributed by atoms with van der Waals surface area (Å²) in [5.74, 6) is 1.00. The molecule has 6 rings (SSSR count). The maximum Gasteiger partial charge on any atom is 0.280 e. The molecule has 3 aromatic carbocycles. The Morgan fingerprint density at radius 1 is 0.978 bits per heavy atom. The van der Waals surface area contributed by atoms with Gasteiger partial charge in [-0.25, -0.2) is 4.98 Å². The molecule has 1 saturated heterocycles. The SMILES string of the molecule is COc1ccc(C(OC[C@H]2[CH]C[C@H](n3cnc4c(=O)[nH]c(NC(=O)C(C)C)nc43)O2)(c2ccccc2)c2ccc(OC)cc2)cc1. The van der Waals surface area contributed by atoms with Crippen LogP contribution in [0.25, 0.3) is 11.2 Å². The molecule has 237 valence electrons. The van der Waals surface area contributed by atoms with Crippen LogP contribution in [0.2, 0.25) is 0 Å². The molecule has 1 aliphatic rings. The number of benzene rings is 3. The minimum Gasteiger partial charge on any atom is -0.497 e. The molecule has 11 heteroatoms. The van der Waals surface area contributed by atoms with Crippen LogP contribution in [-0.4, -0.2) is 52.4 Å². The minimum atomic E-state index is -0.991.